The summed E-state index contributed by atoms with van der Waals surface area (Å²) in [5.41, 5.74) is 1.54. The zero-order valence-corrected chi connectivity index (χ0v) is 12.8. The average Bonchev–Trinajstić information content (AvgIpc) is 2.52. The van der Waals surface area contributed by atoms with Crippen LogP contribution in [0.5, 0.6) is 5.75 Å². The highest BCUT2D eigenvalue weighted by molar-refractivity contribution is 5.36. The number of hydrogen-bond acceptors (Lipinski definition) is 3. The van der Waals surface area contributed by atoms with Crippen molar-refractivity contribution >= 4 is 0 Å². The number of aliphatic hydroxyl groups is 1. The van der Waals surface area contributed by atoms with Gasteiger partial charge < -0.3 is 14.6 Å². The molecule has 1 N–H and O–H groups in total. The van der Waals surface area contributed by atoms with Crippen LogP contribution in [0.1, 0.15) is 31.1 Å². The molecule has 0 bridgehead atoms. The molecule has 118 valence electrons. The van der Waals surface area contributed by atoms with E-state index < -0.39 is 6.10 Å². The van der Waals surface area contributed by atoms with Crippen LogP contribution in [-0.2, 0) is 11.3 Å². The van der Waals surface area contributed by atoms with Crippen molar-refractivity contribution in [2.45, 2.75) is 32.7 Å². The molecule has 0 heterocycles. The van der Waals surface area contributed by atoms with Gasteiger partial charge in [-0.15, -0.1) is 0 Å². The minimum Gasteiger partial charge on any atom is -0.489 e. The van der Waals surface area contributed by atoms with Crippen LogP contribution in [0.2, 0.25) is 0 Å². The van der Waals surface area contributed by atoms with Crippen molar-refractivity contribution in [1.82, 2.24) is 0 Å². The molecule has 0 spiro atoms. The Labute approximate surface area is 130 Å². The van der Waals surface area contributed by atoms with E-state index in [4.69, 9.17) is 9.47 Å². The van der Waals surface area contributed by atoms with Crippen molar-refractivity contribution in [2.24, 2.45) is 0 Å². The summed E-state index contributed by atoms with van der Waals surface area (Å²) < 4.78 is 25.0. The third-order valence-corrected chi connectivity index (χ3v) is 3.16. The number of rotatable bonds is 7. The molecule has 4 heteroatoms. The lowest BCUT2D eigenvalue weighted by atomic mass is 10.1. The second-order valence-corrected chi connectivity index (χ2v) is 5.31. The summed E-state index contributed by atoms with van der Waals surface area (Å²) in [5.74, 6) is 0.137. The lowest BCUT2D eigenvalue weighted by molar-refractivity contribution is -0.0262. The minimum atomic E-state index is -0.610. The Morgan fingerprint density at radius 1 is 1.09 bits per heavy atom. The molecule has 0 aliphatic heterocycles. The Morgan fingerprint density at radius 2 is 1.82 bits per heavy atom. The standard InChI is InChI=1S/C18H21FO3/c1-13(2)22-18(11-20)16-10-15(19)8-9-17(16)21-12-14-6-4-3-5-7-14/h3-10,13,18,20H,11-12H2,1-2H3/t18-/m0/s1. The van der Waals surface area contributed by atoms with Crippen molar-refractivity contribution in [2.75, 3.05) is 6.61 Å². The first kappa shape index (κ1) is 16.5. The van der Waals surface area contributed by atoms with Gasteiger partial charge >= 0.3 is 0 Å². The highest BCUT2D eigenvalue weighted by Gasteiger charge is 2.18. The summed E-state index contributed by atoms with van der Waals surface area (Å²) in [6, 6.07) is 14.0. The van der Waals surface area contributed by atoms with Crippen LogP contribution in [-0.4, -0.2) is 17.8 Å². The Hall–Kier alpha value is -1.91. The maximum absolute atomic E-state index is 13.6. The molecule has 2 aromatic rings. The van der Waals surface area contributed by atoms with Gasteiger partial charge in [0.1, 0.15) is 24.3 Å². The van der Waals surface area contributed by atoms with E-state index in [9.17, 15) is 9.50 Å². The van der Waals surface area contributed by atoms with Crippen LogP contribution in [0.25, 0.3) is 0 Å². The van der Waals surface area contributed by atoms with Gasteiger partial charge in [-0.25, -0.2) is 4.39 Å². The summed E-state index contributed by atoms with van der Waals surface area (Å²) in [5, 5.41) is 9.53. The number of benzene rings is 2. The van der Waals surface area contributed by atoms with E-state index >= 15 is 0 Å². The van der Waals surface area contributed by atoms with E-state index in [2.05, 4.69) is 0 Å². The second kappa shape index (κ2) is 7.92. The topological polar surface area (TPSA) is 38.7 Å². The lowest BCUT2D eigenvalue weighted by Crippen LogP contribution is -2.15. The predicted molar refractivity (Wildman–Crippen MR) is 83.2 cm³/mol. The molecule has 0 amide bonds. The van der Waals surface area contributed by atoms with Crippen LogP contribution in [0.3, 0.4) is 0 Å². The van der Waals surface area contributed by atoms with Crippen LogP contribution >= 0.6 is 0 Å². The molecule has 0 aliphatic carbocycles. The summed E-state index contributed by atoms with van der Waals surface area (Å²) in [4.78, 5) is 0. The molecule has 2 aromatic carbocycles. The lowest BCUT2D eigenvalue weighted by Gasteiger charge is -2.21. The Balaban J connectivity index is 2.19. The predicted octanol–water partition coefficient (Wildman–Crippen LogP) is 3.86. The van der Waals surface area contributed by atoms with E-state index in [1.807, 2.05) is 44.2 Å². The highest BCUT2D eigenvalue weighted by atomic mass is 19.1. The fourth-order valence-electron chi connectivity index (χ4n) is 2.18. The van der Waals surface area contributed by atoms with Gasteiger partial charge in [0.25, 0.3) is 0 Å². The van der Waals surface area contributed by atoms with Crippen LogP contribution in [0, 0.1) is 5.82 Å². The molecular weight excluding hydrogens is 283 g/mol. The van der Waals surface area contributed by atoms with Crippen molar-refractivity contribution in [3.05, 3.63) is 65.5 Å². The fraction of sp³-hybridized carbons (Fsp3) is 0.333. The molecule has 0 unspecified atom stereocenters. The molecule has 0 fully saturated rings. The zero-order chi connectivity index (χ0) is 15.9. The average molecular weight is 304 g/mol. The van der Waals surface area contributed by atoms with Crippen molar-refractivity contribution in [1.29, 1.82) is 0 Å². The van der Waals surface area contributed by atoms with Crippen molar-refractivity contribution in [3.63, 3.8) is 0 Å². The van der Waals surface area contributed by atoms with Gasteiger partial charge in [0.2, 0.25) is 0 Å². The van der Waals surface area contributed by atoms with Gasteiger partial charge in [0, 0.05) is 5.56 Å². The van der Waals surface area contributed by atoms with E-state index in [1.54, 1.807) is 6.07 Å². The maximum Gasteiger partial charge on any atom is 0.125 e. The molecule has 0 saturated carbocycles. The molecule has 0 aliphatic rings. The third-order valence-electron chi connectivity index (χ3n) is 3.16. The third kappa shape index (κ3) is 4.55. The van der Waals surface area contributed by atoms with E-state index in [0.717, 1.165) is 5.56 Å². The van der Waals surface area contributed by atoms with Gasteiger partial charge in [-0.05, 0) is 37.6 Å². The quantitative estimate of drug-likeness (QED) is 0.844. The van der Waals surface area contributed by atoms with Crippen LogP contribution in [0.15, 0.2) is 48.5 Å². The van der Waals surface area contributed by atoms with Gasteiger partial charge in [-0.1, -0.05) is 30.3 Å². The monoisotopic (exact) mass is 304 g/mol. The number of hydrogen-bond donors (Lipinski definition) is 1. The molecule has 1 atom stereocenters. The Bertz CT molecular complexity index is 584. The second-order valence-electron chi connectivity index (χ2n) is 5.31. The smallest absolute Gasteiger partial charge is 0.125 e. The van der Waals surface area contributed by atoms with Crippen LogP contribution < -0.4 is 4.74 Å². The van der Waals surface area contributed by atoms with Gasteiger partial charge in [0.15, 0.2) is 0 Å². The van der Waals surface area contributed by atoms with Crippen molar-refractivity contribution < 1.29 is 19.0 Å². The van der Waals surface area contributed by atoms with E-state index in [-0.39, 0.29) is 18.5 Å². The zero-order valence-electron chi connectivity index (χ0n) is 12.8. The first-order valence-electron chi connectivity index (χ1n) is 7.32. The molecule has 0 aromatic heterocycles. The summed E-state index contributed by atoms with van der Waals surface area (Å²) in [7, 11) is 0. The molecular formula is C18H21FO3. The largest absolute Gasteiger partial charge is 0.489 e. The summed E-state index contributed by atoms with van der Waals surface area (Å²) >= 11 is 0. The SMILES string of the molecule is CC(C)O[C@@H](CO)c1cc(F)ccc1OCc1ccccc1. The Morgan fingerprint density at radius 3 is 2.45 bits per heavy atom. The molecule has 0 saturated heterocycles. The van der Waals surface area contributed by atoms with Crippen LogP contribution in [0.4, 0.5) is 4.39 Å². The Kier molecular flexibility index (Phi) is 5.92. The van der Waals surface area contributed by atoms with Gasteiger partial charge in [-0.2, -0.15) is 0 Å². The maximum atomic E-state index is 13.6. The normalized spacial score (nSPS) is 12.4. The molecule has 22 heavy (non-hydrogen) atoms. The molecule has 0 radical (unpaired) electrons. The minimum absolute atomic E-state index is 0.0811. The number of halogens is 1. The van der Waals surface area contributed by atoms with E-state index in [1.165, 1.54) is 12.1 Å². The van der Waals surface area contributed by atoms with Gasteiger partial charge in [0.05, 0.1) is 12.7 Å². The highest BCUT2D eigenvalue weighted by Crippen LogP contribution is 2.30. The number of ether oxygens (including phenoxy) is 2. The number of aliphatic hydroxyl groups excluding tert-OH is 1. The van der Waals surface area contributed by atoms with E-state index in [0.29, 0.717) is 17.9 Å². The first-order chi connectivity index (χ1) is 10.6. The van der Waals surface area contributed by atoms with Gasteiger partial charge in [-0.3, -0.25) is 0 Å². The summed E-state index contributed by atoms with van der Waals surface area (Å²) in [6.07, 6.45) is -0.691. The molecule has 2 rings (SSSR count). The molecule has 3 nitrogen and oxygen atoms in total. The fourth-order valence-corrected chi connectivity index (χ4v) is 2.18. The summed E-state index contributed by atoms with van der Waals surface area (Å²) in [6.45, 7) is 3.88. The first-order valence-corrected chi connectivity index (χ1v) is 7.32. The van der Waals surface area contributed by atoms with Crippen molar-refractivity contribution in [3.8, 4) is 5.75 Å².